The minimum Gasteiger partial charge on any atom is -0.314 e. The molecule has 0 bridgehead atoms. The van der Waals surface area contributed by atoms with E-state index in [1.807, 2.05) is 0 Å². The van der Waals surface area contributed by atoms with Crippen molar-refractivity contribution in [1.29, 1.82) is 0 Å². The second-order valence-electron chi connectivity index (χ2n) is 4.33. The van der Waals surface area contributed by atoms with Gasteiger partial charge in [-0.25, -0.2) is 0 Å². The van der Waals surface area contributed by atoms with Crippen molar-refractivity contribution in [2.24, 2.45) is 5.92 Å². The van der Waals surface area contributed by atoms with E-state index in [-0.39, 0.29) is 0 Å². The van der Waals surface area contributed by atoms with Crippen LogP contribution in [0.2, 0.25) is 0 Å². The van der Waals surface area contributed by atoms with Gasteiger partial charge < -0.3 is 10.2 Å². The molecule has 1 atom stereocenters. The molecule has 0 aliphatic carbocycles. The lowest BCUT2D eigenvalue weighted by Gasteiger charge is -2.30. The summed E-state index contributed by atoms with van der Waals surface area (Å²) in [6.07, 6.45) is 2.78. The monoisotopic (exact) mass is 170 g/mol. The average molecular weight is 170 g/mol. The highest BCUT2D eigenvalue weighted by molar-refractivity contribution is 4.72. The summed E-state index contributed by atoms with van der Waals surface area (Å²) in [5.74, 6) is 0.881. The Kier molecular flexibility index (Phi) is 4.02. The molecule has 1 aliphatic heterocycles. The third-order valence-corrected chi connectivity index (χ3v) is 2.54. The zero-order chi connectivity index (χ0) is 8.97. The number of hydrogen-bond donors (Lipinski definition) is 1. The Balaban J connectivity index is 2.14. The van der Waals surface area contributed by atoms with Gasteiger partial charge in [0, 0.05) is 12.6 Å². The topological polar surface area (TPSA) is 15.3 Å². The van der Waals surface area contributed by atoms with Crippen LogP contribution >= 0.6 is 0 Å². The van der Waals surface area contributed by atoms with E-state index in [0.717, 1.165) is 5.92 Å². The summed E-state index contributed by atoms with van der Waals surface area (Å²) in [4.78, 5) is 2.44. The van der Waals surface area contributed by atoms with Crippen molar-refractivity contribution >= 4 is 0 Å². The Hall–Kier alpha value is -0.0800. The number of rotatable bonds is 3. The van der Waals surface area contributed by atoms with Crippen LogP contribution in [0.15, 0.2) is 0 Å². The molecule has 0 spiro atoms. The molecular weight excluding hydrogens is 148 g/mol. The molecule has 0 amide bonds. The first-order valence-electron chi connectivity index (χ1n) is 5.10. The fourth-order valence-electron chi connectivity index (χ4n) is 1.84. The van der Waals surface area contributed by atoms with E-state index in [2.05, 4.69) is 31.1 Å². The Morgan fingerprint density at radius 3 is 2.83 bits per heavy atom. The van der Waals surface area contributed by atoms with Crippen LogP contribution in [0.4, 0.5) is 0 Å². The van der Waals surface area contributed by atoms with Crippen LogP contribution in [-0.4, -0.2) is 37.6 Å². The highest BCUT2D eigenvalue weighted by Crippen LogP contribution is 2.13. The second kappa shape index (κ2) is 4.83. The highest BCUT2D eigenvalue weighted by Gasteiger charge is 2.16. The summed E-state index contributed by atoms with van der Waals surface area (Å²) in [6.45, 7) is 8.19. The van der Waals surface area contributed by atoms with Gasteiger partial charge in [-0.05, 0) is 38.9 Å². The van der Waals surface area contributed by atoms with Crippen molar-refractivity contribution < 1.29 is 0 Å². The van der Waals surface area contributed by atoms with Gasteiger partial charge in [0.25, 0.3) is 0 Å². The largest absolute Gasteiger partial charge is 0.314 e. The smallest absolute Gasteiger partial charge is 0.00187 e. The first kappa shape index (κ1) is 10.0. The Morgan fingerprint density at radius 1 is 1.50 bits per heavy atom. The van der Waals surface area contributed by atoms with Gasteiger partial charge in [0.2, 0.25) is 0 Å². The highest BCUT2D eigenvalue weighted by atomic mass is 15.1. The number of nitrogens with one attached hydrogen (secondary N) is 1. The lowest BCUT2D eigenvalue weighted by Crippen LogP contribution is -2.39. The Morgan fingerprint density at radius 2 is 2.25 bits per heavy atom. The third-order valence-electron chi connectivity index (χ3n) is 2.54. The van der Waals surface area contributed by atoms with E-state index >= 15 is 0 Å². The van der Waals surface area contributed by atoms with Gasteiger partial charge in [-0.3, -0.25) is 0 Å². The van der Waals surface area contributed by atoms with Gasteiger partial charge in [0.1, 0.15) is 0 Å². The fourth-order valence-corrected chi connectivity index (χ4v) is 1.84. The van der Waals surface area contributed by atoms with Crippen molar-refractivity contribution in [1.82, 2.24) is 10.2 Å². The molecule has 0 aromatic heterocycles. The molecule has 1 rings (SSSR count). The van der Waals surface area contributed by atoms with Gasteiger partial charge >= 0.3 is 0 Å². The average Bonchev–Trinajstić information content (AvgIpc) is 2.01. The van der Waals surface area contributed by atoms with Crippen LogP contribution in [0.1, 0.15) is 26.7 Å². The van der Waals surface area contributed by atoms with Crippen molar-refractivity contribution in [3.63, 3.8) is 0 Å². The first-order chi connectivity index (χ1) is 5.68. The van der Waals surface area contributed by atoms with Crippen molar-refractivity contribution in [3.8, 4) is 0 Å². The van der Waals surface area contributed by atoms with Gasteiger partial charge in [-0.15, -0.1) is 0 Å². The molecule has 1 saturated heterocycles. The molecule has 0 aromatic carbocycles. The van der Waals surface area contributed by atoms with E-state index in [4.69, 9.17) is 0 Å². The van der Waals surface area contributed by atoms with Crippen LogP contribution in [0.3, 0.4) is 0 Å². The maximum atomic E-state index is 3.51. The minimum atomic E-state index is 0.636. The van der Waals surface area contributed by atoms with Crippen LogP contribution in [0.25, 0.3) is 0 Å². The second-order valence-corrected chi connectivity index (χ2v) is 4.33. The predicted octanol–water partition coefficient (Wildman–Crippen LogP) is 1.33. The molecule has 1 N–H and O–H groups in total. The predicted molar refractivity (Wildman–Crippen MR) is 53.4 cm³/mol. The number of nitrogens with zero attached hydrogens (tertiary/aromatic N) is 1. The molecule has 1 fully saturated rings. The normalized spacial score (nSPS) is 26.5. The zero-order valence-corrected chi connectivity index (χ0v) is 8.64. The lowest BCUT2D eigenvalue weighted by atomic mass is 9.98. The van der Waals surface area contributed by atoms with E-state index in [9.17, 15) is 0 Å². The molecule has 0 unspecified atom stereocenters. The summed E-state index contributed by atoms with van der Waals surface area (Å²) >= 11 is 0. The van der Waals surface area contributed by atoms with E-state index in [1.165, 1.54) is 32.5 Å². The van der Waals surface area contributed by atoms with Crippen molar-refractivity contribution in [3.05, 3.63) is 0 Å². The van der Waals surface area contributed by atoms with Crippen molar-refractivity contribution in [2.45, 2.75) is 32.7 Å². The maximum Gasteiger partial charge on any atom is 0.00187 e. The summed E-state index contributed by atoms with van der Waals surface area (Å²) in [5, 5.41) is 3.51. The summed E-state index contributed by atoms with van der Waals surface area (Å²) in [5.41, 5.74) is 0. The molecule has 2 heteroatoms. The summed E-state index contributed by atoms with van der Waals surface area (Å²) in [7, 11) is 2.22. The van der Waals surface area contributed by atoms with Gasteiger partial charge in [-0.1, -0.05) is 13.8 Å². The minimum absolute atomic E-state index is 0.636. The molecule has 2 nitrogen and oxygen atoms in total. The van der Waals surface area contributed by atoms with Crippen LogP contribution in [0.5, 0.6) is 0 Å². The number of piperidine rings is 1. The van der Waals surface area contributed by atoms with Gasteiger partial charge in [0.05, 0.1) is 0 Å². The van der Waals surface area contributed by atoms with E-state index in [0.29, 0.717) is 6.04 Å². The molecule has 0 radical (unpaired) electrons. The van der Waals surface area contributed by atoms with Gasteiger partial charge in [-0.2, -0.15) is 0 Å². The molecule has 0 saturated carbocycles. The van der Waals surface area contributed by atoms with Gasteiger partial charge in [0.15, 0.2) is 0 Å². The number of hydrogen-bond acceptors (Lipinski definition) is 2. The SMILES string of the molecule is CC(C)NC[C@H]1CCCN(C)C1. The number of likely N-dealkylation sites (tertiary alicyclic amines) is 1. The van der Waals surface area contributed by atoms with Crippen LogP contribution in [-0.2, 0) is 0 Å². The van der Waals surface area contributed by atoms with E-state index < -0.39 is 0 Å². The van der Waals surface area contributed by atoms with E-state index in [1.54, 1.807) is 0 Å². The molecular formula is C10H22N2. The molecule has 72 valence electrons. The Labute approximate surface area is 76.3 Å². The van der Waals surface area contributed by atoms with Crippen LogP contribution in [0, 0.1) is 5.92 Å². The van der Waals surface area contributed by atoms with Crippen LogP contribution < -0.4 is 5.32 Å². The molecule has 1 heterocycles. The molecule has 12 heavy (non-hydrogen) atoms. The Bertz CT molecular complexity index is 123. The van der Waals surface area contributed by atoms with Crippen molar-refractivity contribution in [2.75, 3.05) is 26.7 Å². The molecule has 0 aromatic rings. The summed E-state index contributed by atoms with van der Waals surface area (Å²) in [6, 6.07) is 0.636. The first-order valence-corrected chi connectivity index (χ1v) is 5.10. The standard InChI is InChI=1S/C10H22N2/c1-9(2)11-7-10-5-4-6-12(3)8-10/h9-11H,4-8H2,1-3H3/t10-/m1/s1. The quantitative estimate of drug-likeness (QED) is 0.687. The lowest BCUT2D eigenvalue weighted by molar-refractivity contribution is 0.204. The molecule has 1 aliphatic rings. The third kappa shape index (κ3) is 3.55. The fraction of sp³-hybridized carbons (Fsp3) is 1.00. The maximum absolute atomic E-state index is 3.51. The summed E-state index contributed by atoms with van der Waals surface area (Å²) < 4.78 is 0. The zero-order valence-electron chi connectivity index (χ0n) is 8.64.